The molecule has 4 N–H and O–H groups in total. The number of H-pyrrole nitrogens is 1. The molecule has 118 valence electrons. The van der Waals surface area contributed by atoms with Gasteiger partial charge in [0.05, 0.1) is 24.5 Å². The number of nitrogens with two attached hydrogens (primary N) is 1. The zero-order chi connectivity index (χ0) is 15.9. The molecule has 23 heavy (non-hydrogen) atoms. The fourth-order valence-corrected chi connectivity index (χ4v) is 2.76. The second-order valence-corrected chi connectivity index (χ2v) is 5.89. The molecule has 1 aliphatic carbocycles. The van der Waals surface area contributed by atoms with Crippen LogP contribution in [0.15, 0.2) is 40.1 Å². The Morgan fingerprint density at radius 2 is 2.00 bits per heavy atom. The molecule has 0 bridgehead atoms. The van der Waals surface area contributed by atoms with E-state index in [-0.39, 0.29) is 22.7 Å². The molecule has 1 aromatic heterocycles. The normalized spacial score (nSPS) is 17.3. The van der Waals surface area contributed by atoms with Crippen molar-refractivity contribution in [2.24, 2.45) is 4.99 Å². The minimum Gasteiger partial charge on any atom is -0.371 e. The molecule has 2 aliphatic rings. The van der Waals surface area contributed by atoms with E-state index in [1.165, 1.54) is 0 Å². The molecule has 1 saturated carbocycles. The first-order valence-electron chi connectivity index (χ1n) is 7.54. The maximum Gasteiger partial charge on any atom is 0.280 e. The Morgan fingerprint density at radius 3 is 2.74 bits per heavy atom. The number of aromatic amines is 1. The smallest absolute Gasteiger partial charge is 0.280 e. The van der Waals surface area contributed by atoms with Gasteiger partial charge in [-0.1, -0.05) is 30.3 Å². The van der Waals surface area contributed by atoms with Gasteiger partial charge in [0, 0.05) is 0 Å². The molecule has 2 aromatic rings. The molecule has 0 unspecified atom stereocenters. The van der Waals surface area contributed by atoms with Crippen molar-refractivity contribution in [3.8, 4) is 0 Å². The summed E-state index contributed by atoms with van der Waals surface area (Å²) in [6.07, 6.45) is 1.91. The molecule has 0 atom stereocenters. The van der Waals surface area contributed by atoms with Crippen molar-refractivity contribution in [2.75, 3.05) is 17.7 Å². The van der Waals surface area contributed by atoms with Gasteiger partial charge in [0.1, 0.15) is 0 Å². The number of anilines is 2. The Morgan fingerprint density at radius 1 is 1.22 bits per heavy atom. The highest BCUT2D eigenvalue weighted by Crippen LogP contribution is 2.45. The number of ether oxygens (including phenoxy) is 1. The average Bonchev–Trinajstić information content (AvgIpc) is 3.29. The Balaban J connectivity index is 1.55. The lowest BCUT2D eigenvalue weighted by atomic mass is 10.1. The molecule has 0 amide bonds. The van der Waals surface area contributed by atoms with Gasteiger partial charge in [-0.3, -0.25) is 9.78 Å². The molecule has 7 heteroatoms. The second-order valence-electron chi connectivity index (χ2n) is 5.89. The largest absolute Gasteiger partial charge is 0.371 e. The summed E-state index contributed by atoms with van der Waals surface area (Å²) in [5.74, 6) is 0.548. The van der Waals surface area contributed by atoms with Crippen molar-refractivity contribution in [3.05, 3.63) is 46.2 Å². The monoisotopic (exact) mass is 311 g/mol. The van der Waals surface area contributed by atoms with Crippen LogP contribution in [0.4, 0.5) is 17.5 Å². The number of rotatable bonds is 4. The van der Waals surface area contributed by atoms with Crippen LogP contribution in [0.2, 0.25) is 0 Å². The summed E-state index contributed by atoms with van der Waals surface area (Å²) in [5, 5.41) is 3.31. The van der Waals surface area contributed by atoms with E-state index >= 15 is 0 Å². The summed E-state index contributed by atoms with van der Waals surface area (Å²) in [6.45, 7) is 0.893. The number of hydrogen-bond acceptors (Lipinski definition) is 6. The number of benzene rings is 1. The van der Waals surface area contributed by atoms with Crippen LogP contribution in [0.3, 0.4) is 0 Å². The highest BCUT2D eigenvalue weighted by Gasteiger charge is 2.50. The Labute approximate surface area is 132 Å². The predicted molar refractivity (Wildman–Crippen MR) is 88.1 cm³/mol. The zero-order valence-electron chi connectivity index (χ0n) is 12.5. The first-order valence-corrected chi connectivity index (χ1v) is 7.54. The summed E-state index contributed by atoms with van der Waals surface area (Å²) in [7, 11) is 0. The molecule has 7 nitrogen and oxygen atoms in total. The summed E-state index contributed by atoms with van der Waals surface area (Å²) >= 11 is 0. The third-order valence-corrected chi connectivity index (χ3v) is 4.17. The third-order valence-electron chi connectivity index (χ3n) is 4.17. The average molecular weight is 311 g/mol. The van der Waals surface area contributed by atoms with E-state index in [0.717, 1.165) is 24.1 Å². The predicted octanol–water partition coefficient (Wildman–Crippen LogP) is 1.60. The Kier molecular flexibility index (Phi) is 3.16. The molecular formula is C16H17N5O2. The van der Waals surface area contributed by atoms with E-state index in [1.807, 2.05) is 30.3 Å². The molecule has 2 heterocycles. The van der Waals surface area contributed by atoms with Crippen molar-refractivity contribution in [1.29, 1.82) is 0 Å². The first kappa shape index (κ1) is 14.0. The highest BCUT2D eigenvalue weighted by molar-refractivity contribution is 6.04. The molecule has 1 aliphatic heterocycles. The fourth-order valence-electron chi connectivity index (χ4n) is 2.76. The van der Waals surface area contributed by atoms with Gasteiger partial charge in [0.2, 0.25) is 5.95 Å². The fraction of sp³-hybridized carbons (Fsp3) is 0.312. The van der Waals surface area contributed by atoms with Gasteiger partial charge in [-0.25, -0.2) is 4.99 Å². The summed E-state index contributed by atoms with van der Waals surface area (Å²) in [5.41, 5.74) is 7.25. The Hall–Kier alpha value is -2.67. The van der Waals surface area contributed by atoms with Gasteiger partial charge < -0.3 is 15.8 Å². The van der Waals surface area contributed by atoms with Gasteiger partial charge in [-0.05, 0) is 18.4 Å². The van der Waals surface area contributed by atoms with Crippen molar-refractivity contribution in [1.82, 2.24) is 9.97 Å². The second kappa shape index (κ2) is 5.20. The van der Waals surface area contributed by atoms with Crippen LogP contribution in [0.25, 0.3) is 0 Å². The summed E-state index contributed by atoms with van der Waals surface area (Å²) < 4.78 is 5.79. The van der Waals surface area contributed by atoms with Crippen molar-refractivity contribution >= 4 is 23.2 Å². The lowest BCUT2D eigenvalue weighted by molar-refractivity contribution is 0.156. The van der Waals surface area contributed by atoms with E-state index < -0.39 is 0 Å². The van der Waals surface area contributed by atoms with Crippen LogP contribution >= 0.6 is 0 Å². The maximum atomic E-state index is 12.0. The zero-order valence-corrected chi connectivity index (χ0v) is 12.5. The van der Waals surface area contributed by atoms with Gasteiger partial charge >= 0.3 is 0 Å². The summed E-state index contributed by atoms with van der Waals surface area (Å²) in [6, 6.07) is 9.96. The molecule has 4 rings (SSSR count). The van der Waals surface area contributed by atoms with Crippen LogP contribution in [0, 0.1) is 0 Å². The number of aliphatic imine (C=N–C) groups is 1. The molecule has 1 aromatic carbocycles. The lowest BCUT2D eigenvalue weighted by Gasteiger charge is -2.25. The summed E-state index contributed by atoms with van der Waals surface area (Å²) in [4.78, 5) is 23.1. The first-order chi connectivity index (χ1) is 11.2. The number of nitrogens with zero attached hydrogens (tertiary/aromatic N) is 2. The third kappa shape index (κ3) is 2.59. The van der Waals surface area contributed by atoms with E-state index in [1.54, 1.807) is 0 Å². The van der Waals surface area contributed by atoms with Crippen LogP contribution in [-0.2, 0) is 11.3 Å². The molecule has 1 fully saturated rings. The van der Waals surface area contributed by atoms with E-state index in [4.69, 9.17) is 10.5 Å². The minimum atomic E-state index is -0.337. The van der Waals surface area contributed by atoms with Gasteiger partial charge in [0.15, 0.2) is 11.5 Å². The Bertz CT molecular complexity index is 824. The van der Waals surface area contributed by atoms with E-state index in [2.05, 4.69) is 20.3 Å². The standard InChI is InChI=1S/C16H17N5O2/c17-15-19-13-12(14(22)20-15)18-11(16(21-13)6-7-16)9-23-8-10-4-2-1-3-5-10/h1-5H,6-9H2,(H4,17,19,20,21,22). The van der Waals surface area contributed by atoms with Crippen LogP contribution in [-0.4, -0.2) is 27.8 Å². The molecule has 0 saturated heterocycles. The topological polar surface area (TPSA) is 105 Å². The minimum absolute atomic E-state index is 0.0935. The SMILES string of the molecule is Nc1nc2c(c(=O)[nH]1)N=C(COCc1ccccc1)C1(CC1)N2. The number of aromatic nitrogens is 2. The van der Waals surface area contributed by atoms with E-state index in [0.29, 0.717) is 19.0 Å². The van der Waals surface area contributed by atoms with Crippen LogP contribution < -0.4 is 16.6 Å². The van der Waals surface area contributed by atoms with Crippen molar-refractivity contribution < 1.29 is 4.74 Å². The van der Waals surface area contributed by atoms with Gasteiger partial charge in [-0.2, -0.15) is 4.98 Å². The number of nitrogen functional groups attached to an aromatic ring is 1. The van der Waals surface area contributed by atoms with Gasteiger partial charge in [0.25, 0.3) is 5.56 Å². The number of hydrogen-bond donors (Lipinski definition) is 3. The number of fused-ring (bicyclic) bond motifs is 1. The van der Waals surface area contributed by atoms with E-state index in [9.17, 15) is 4.79 Å². The quantitative estimate of drug-likeness (QED) is 0.795. The molecular weight excluding hydrogens is 294 g/mol. The molecule has 0 radical (unpaired) electrons. The van der Waals surface area contributed by atoms with Crippen LogP contribution in [0.1, 0.15) is 18.4 Å². The highest BCUT2D eigenvalue weighted by atomic mass is 16.5. The van der Waals surface area contributed by atoms with Crippen LogP contribution in [0.5, 0.6) is 0 Å². The van der Waals surface area contributed by atoms with Crippen molar-refractivity contribution in [2.45, 2.75) is 25.0 Å². The van der Waals surface area contributed by atoms with Crippen molar-refractivity contribution in [3.63, 3.8) is 0 Å². The van der Waals surface area contributed by atoms with Gasteiger partial charge in [-0.15, -0.1) is 0 Å². The molecule has 1 spiro atoms. The number of nitrogens with one attached hydrogen (secondary N) is 2. The maximum absolute atomic E-state index is 12.0. The lowest BCUT2D eigenvalue weighted by Crippen LogP contribution is -2.39.